The van der Waals surface area contributed by atoms with E-state index >= 15 is 0 Å². The van der Waals surface area contributed by atoms with Crippen LogP contribution in [0.5, 0.6) is 5.75 Å². The summed E-state index contributed by atoms with van der Waals surface area (Å²) in [6.45, 7) is 9.55. The van der Waals surface area contributed by atoms with Gasteiger partial charge in [-0.05, 0) is 63.5 Å². The predicted molar refractivity (Wildman–Crippen MR) is 115 cm³/mol. The van der Waals surface area contributed by atoms with Gasteiger partial charge in [-0.2, -0.15) is 0 Å². The molecule has 2 aromatic rings. The van der Waals surface area contributed by atoms with Crippen LogP contribution in [-0.4, -0.2) is 31.9 Å². The first-order valence-electron chi connectivity index (χ1n) is 9.78. The standard InChI is InChI=1S/C23H30BNO3/c1-22(2)23(3,4)28-24(27-22)20(16-25-5)15-18-11-13-21(14-12-18)26-17-19-9-7-6-8-10-19/h6-15,25H,16-17H2,1-5H3. The molecule has 0 atom stereocenters. The number of ether oxygens (including phenoxy) is 1. The fourth-order valence-corrected chi connectivity index (χ4v) is 3.02. The molecular weight excluding hydrogens is 349 g/mol. The predicted octanol–water partition coefficient (Wildman–Crippen LogP) is 4.50. The molecule has 148 valence electrons. The highest BCUT2D eigenvalue weighted by atomic mass is 16.7. The Balaban J connectivity index is 1.69. The fourth-order valence-electron chi connectivity index (χ4n) is 3.02. The van der Waals surface area contributed by atoms with Crippen LogP contribution in [0.3, 0.4) is 0 Å². The zero-order valence-electron chi connectivity index (χ0n) is 17.5. The van der Waals surface area contributed by atoms with E-state index in [4.69, 9.17) is 14.0 Å². The number of likely N-dealkylation sites (N-methyl/N-ethyl adjacent to an activating group) is 1. The molecule has 1 fully saturated rings. The minimum absolute atomic E-state index is 0.348. The second-order valence-electron chi connectivity index (χ2n) is 8.18. The van der Waals surface area contributed by atoms with Gasteiger partial charge in [0.1, 0.15) is 12.4 Å². The molecule has 1 aliphatic rings. The van der Waals surface area contributed by atoms with Crippen molar-refractivity contribution < 1.29 is 14.0 Å². The molecule has 2 aromatic carbocycles. The largest absolute Gasteiger partial charge is 0.491 e. The van der Waals surface area contributed by atoms with E-state index in [1.165, 1.54) is 0 Å². The third kappa shape index (κ3) is 4.85. The summed E-state index contributed by atoms with van der Waals surface area (Å²) in [7, 11) is 1.58. The van der Waals surface area contributed by atoms with Gasteiger partial charge in [-0.1, -0.05) is 48.5 Å². The van der Waals surface area contributed by atoms with E-state index < -0.39 is 0 Å². The lowest BCUT2D eigenvalue weighted by Gasteiger charge is -2.32. The summed E-state index contributed by atoms with van der Waals surface area (Å²) in [5, 5.41) is 3.22. The van der Waals surface area contributed by atoms with Gasteiger partial charge >= 0.3 is 7.12 Å². The third-order valence-electron chi connectivity index (χ3n) is 5.42. The molecule has 0 radical (unpaired) electrons. The summed E-state index contributed by atoms with van der Waals surface area (Å²) >= 11 is 0. The quantitative estimate of drug-likeness (QED) is 0.719. The van der Waals surface area contributed by atoms with Crippen molar-refractivity contribution >= 4 is 13.2 Å². The lowest BCUT2D eigenvalue weighted by molar-refractivity contribution is 0.00578. The molecule has 1 saturated heterocycles. The molecule has 0 aliphatic carbocycles. The number of hydrogen-bond donors (Lipinski definition) is 1. The second kappa shape index (κ2) is 8.52. The van der Waals surface area contributed by atoms with Gasteiger partial charge in [0, 0.05) is 6.54 Å². The van der Waals surface area contributed by atoms with E-state index in [9.17, 15) is 0 Å². The summed E-state index contributed by atoms with van der Waals surface area (Å²) in [6, 6.07) is 18.3. The third-order valence-corrected chi connectivity index (χ3v) is 5.42. The Labute approximate surface area is 169 Å². The molecule has 1 aliphatic heterocycles. The Morgan fingerprint density at radius 2 is 1.57 bits per heavy atom. The van der Waals surface area contributed by atoms with Gasteiger partial charge in [-0.25, -0.2) is 0 Å². The highest BCUT2D eigenvalue weighted by Crippen LogP contribution is 2.38. The van der Waals surface area contributed by atoms with Crippen LogP contribution in [0.4, 0.5) is 0 Å². The van der Waals surface area contributed by atoms with Gasteiger partial charge in [0.15, 0.2) is 0 Å². The van der Waals surface area contributed by atoms with E-state index in [1.54, 1.807) is 0 Å². The van der Waals surface area contributed by atoms with Crippen molar-refractivity contribution in [3.8, 4) is 5.75 Å². The van der Waals surface area contributed by atoms with Crippen LogP contribution in [0.1, 0.15) is 38.8 Å². The summed E-state index contributed by atoms with van der Waals surface area (Å²) in [4.78, 5) is 0. The van der Waals surface area contributed by atoms with E-state index in [-0.39, 0.29) is 18.3 Å². The van der Waals surface area contributed by atoms with E-state index in [0.717, 1.165) is 22.3 Å². The van der Waals surface area contributed by atoms with Crippen LogP contribution < -0.4 is 10.1 Å². The van der Waals surface area contributed by atoms with Crippen molar-refractivity contribution in [2.75, 3.05) is 13.6 Å². The molecule has 28 heavy (non-hydrogen) atoms. The Kier molecular flexibility index (Phi) is 6.28. The number of hydrogen-bond acceptors (Lipinski definition) is 4. The summed E-state index contributed by atoms with van der Waals surface area (Å²) in [6.07, 6.45) is 2.12. The maximum atomic E-state index is 6.21. The van der Waals surface area contributed by atoms with Crippen molar-refractivity contribution in [3.63, 3.8) is 0 Å². The first-order valence-corrected chi connectivity index (χ1v) is 9.78. The average molecular weight is 379 g/mol. The van der Waals surface area contributed by atoms with Gasteiger partial charge in [-0.3, -0.25) is 0 Å². The first-order chi connectivity index (χ1) is 13.3. The monoisotopic (exact) mass is 379 g/mol. The molecule has 3 rings (SSSR count). The fraction of sp³-hybridized carbons (Fsp3) is 0.391. The van der Waals surface area contributed by atoms with Crippen LogP contribution in [0.25, 0.3) is 6.08 Å². The Bertz CT molecular complexity index is 784. The minimum atomic E-state index is -0.355. The Hall–Kier alpha value is -2.08. The maximum absolute atomic E-state index is 6.21. The van der Waals surface area contributed by atoms with Crippen molar-refractivity contribution in [2.45, 2.75) is 45.5 Å². The zero-order valence-corrected chi connectivity index (χ0v) is 17.5. The highest BCUT2D eigenvalue weighted by Gasteiger charge is 2.52. The molecule has 0 bridgehead atoms. The number of benzene rings is 2. The first kappa shape index (κ1) is 20.7. The SMILES string of the molecule is CNCC(=Cc1ccc(OCc2ccccc2)cc1)B1OC(C)(C)C(C)(C)O1. The smallest absolute Gasteiger partial charge is 0.489 e. The Morgan fingerprint density at radius 3 is 2.14 bits per heavy atom. The number of rotatable bonds is 7. The molecule has 0 unspecified atom stereocenters. The summed E-state index contributed by atoms with van der Waals surface area (Å²) in [5.41, 5.74) is 2.62. The van der Waals surface area contributed by atoms with Gasteiger partial charge < -0.3 is 19.4 Å². The molecule has 0 aromatic heterocycles. The lowest BCUT2D eigenvalue weighted by Crippen LogP contribution is -2.41. The molecule has 5 heteroatoms. The Morgan fingerprint density at radius 1 is 0.964 bits per heavy atom. The van der Waals surface area contributed by atoms with Gasteiger partial charge in [0.05, 0.1) is 11.2 Å². The molecule has 0 spiro atoms. The van der Waals surface area contributed by atoms with Crippen LogP contribution in [-0.2, 0) is 15.9 Å². The average Bonchev–Trinajstić information content (AvgIpc) is 2.89. The van der Waals surface area contributed by atoms with E-state index in [2.05, 4.69) is 63.4 Å². The lowest BCUT2D eigenvalue weighted by atomic mass is 9.77. The van der Waals surface area contributed by atoms with Crippen molar-refractivity contribution in [1.29, 1.82) is 0 Å². The van der Waals surface area contributed by atoms with Crippen LogP contribution in [0, 0.1) is 0 Å². The van der Waals surface area contributed by atoms with Crippen molar-refractivity contribution in [3.05, 3.63) is 71.2 Å². The van der Waals surface area contributed by atoms with E-state index in [0.29, 0.717) is 13.2 Å². The van der Waals surface area contributed by atoms with Crippen LogP contribution >= 0.6 is 0 Å². The van der Waals surface area contributed by atoms with Gasteiger partial charge in [-0.15, -0.1) is 0 Å². The second-order valence-corrected chi connectivity index (χ2v) is 8.18. The van der Waals surface area contributed by atoms with Crippen molar-refractivity contribution in [2.24, 2.45) is 0 Å². The molecule has 1 heterocycles. The van der Waals surface area contributed by atoms with Gasteiger partial charge in [0.2, 0.25) is 0 Å². The molecule has 0 saturated carbocycles. The normalized spacial score (nSPS) is 18.3. The molecule has 4 nitrogen and oxygen atoms in total. The van der Waals surface area contributed by atoms with E-state index in [1.807, 2.05) is 37.4 Å². The van der Waals surface area contributed by atoms with Crippen LogP contribution in [0.2, 0.25) is 0 Å². The zero-order chi connectivity index (χ0) is 20.2. The summed E-state index contributed by atoms with van der Waals surface area (Å²) < 4.78 is 18.3. The number of nitrogens with one attached hydrogen (secondary N) is 1. The van der Waals surface area contributed by atoms with Crippen LogP contribution in [0.15, 0.2) is 60.1 Å². The minimum Gasteiger partial charge on any atom is -0.489 e. The molecule has 1 N–H and O–H groups in total. The van der Waals surface area contributed by atoms with Crippen molar-refractivity contribution in [1.82, 2.24) is 5.32 Å². The maximum Gasteiger partial charge on any atom is 0.491 e. The topological polar surface area (TPSA) is 39.7 Å². The molecular formula is C23H30BNO3. The van der Waals surface area contributed by atoms with Gasteiger partial charge in [0.25, 0.3) is 0 Å². The highest BCUT2D eigenvalue weighted by molar-refractivity contribution is 6.55. The molecule has 0 amide bonds. The summed E-state index contributed by atoms with van der Waals surface area (Å²) in [5.74, 6) is 0.854.